The van der Waals surface area contributed by atoms with Gasteiger partial charge in [-0.3, -0.25) is 14.5 Å². The van der Waals surface area contributed by atoms with E-state index >= 15 is 0 Å². The molecular weight excluding hydrogens is 240 g/mol. The van der Waals surface area contributed by atoms with Crippen molar-refractivity contribution in [3.05, 3.63) is 0 Å². The average Bonchev–Trinajstić information content (AvgIpc) is 2.28. The van der Waals surface area contributed by atoms with Gasteiger partial charge in [-0.25, -0.2) is 0 Å². The second kappa shape index (κ2) is 7.04. The molecule has 0 rings (SSSR count). The third-order valence-electron chi connectivity index (χ3n) is 3.62. The molecule has 0 aromatic rings. The summed E-state index contributed by atoms with van der Waals surface area (Å²) in [6, 6.07) is 0.0825. The van der Waals surface area contributed by atoms with Crippen LogP contribution in [0.3, 0.4) is 0 Å². The molecule has 0 bridgehead atoms. The van der Waals surface area contributed by atoms with Crippen molar-refractivity contribution in [2.24, 2.45) is 10.8 Å². The van der Waals surface area contributed by atoms with E-state index in [1.165, 1.54) is 4.90 Å². The number of carbonyl (C=O) groups excluding carboxylic acids is 2. The Bertz CT molecular complexity index is 306. The van der Waals surface area contributed by atoms with E-state index in [2.05, 4.69) is 26.1 Å². The normalized spacial score (nSPS) is 14.1. The second-order valence-corrected chi connectivity index (χ2v) is 6.90. The molecule has 0 aromatic carbocycles. The summed E-state index contributed by atoms with van der Waals surface area (Å²) >= 11 is 0. The molecule has 0 aromatic heterocycles. The fourth-order valence-electron chi connectivity index (χ4n) is 2.29. The van der Waals surface area contributed by atoms with Crippen molar-refractivity contribution in [3.63, 3.8) is 0 Å². The van der Waals surface area contributed by atoms with Crippen molar-refractivity contribution >= 4 is 12.3 Å². The summed E-state index contributed by atoms with van der Waals surface area (Å²) < 4.78 is 0. The van der Waals surface area contributed by atoms with Crippen LogP contribution < -0.4 is 5.32 Å². The van der Waals surface area contributed by atoms with Gasteiger partial charge in [-0.15, -0.1) is 0 Å². The molecule has 0 radical (unpaired) electrons. The number of nitrogens with one attached hydrogen (secondary N) is 1. The Morgan fingerprint density at radius 2 is 1.79 bits per heavy atom. The van der Waals surface area contributed by atoms with Gasteiger partial charge in [0, 0.05) is 18.0 Å². The lowest BCUT2D eigenvalue weighted by atomic mass is 9.84. The van der Waals surface area contributed by atoms with E-state index in [0.29, 0.717) is 13.0 Å². The van der Waals surface area contributed by atoms with Crippen LogP contribution in [-0.4, -0.2) is 36.9 Å². The Labute approximate surface area is 117 Å². The highest BCUT2D eigenvalue weighted by atomic mass is 16.2. The summed E-state index contributed by atoms with van der Waals surface area (Å²) in [5.41, 5.74) is -0.489. The summed E-state index contributed by atoms with van der Waals surface area (Å²) in [7, 11) is 1.86. The lowest BCUT2D eigenvalue weighted by Crippen LogP contribution is -2.51. The number of hydrogen-bond donors (Lipinski definition) is 1. The SMILES string of the molecule is CCCC(C)(C)C(=O)N(C=O)CC(NC)C(C)(C)C. The Balaban J connectivity index is 4.93. The maximum absolute atomic E-state index is 12.4. The van der Waals surface area contributed by atoms with E-state index in [0.717, 1.165) is 12.8 Å². The second-order valence-electron chi connectivity index (χ2n) is 6.90. The molecule has 0 saturated carbocycles. The van der Waals surface area contributed by atoms with Gasteiger partial charge in [0.25, 0.3) is 0 Å². The first-order valence-corrected chi connectivity index (χ1v) is 7.03. The van der Waals surface area contributed by atoms with E-state index in [4.69, 9.17) is 0 Å². The first-order chi connectivity index (χ1) is 8.60. The minimum Gasteiger partial charge on any atom is -0.315 e. The Hall–Kier alpha value is -0.900. The largest absolute Gasteiger partial charge is 0.315 e. The average molecular weight is 270 g/mol. The molecule has 2 amide bonds. The number of carbonyl (C=O) groups is 2. The van der Waals surface area contributed by atoms with Gasteiger partial charge in [0.1, 0.15) is 0 Å². The summed E-state index contributed by atoms with van der Waals surface area (Å²) in [6.45, 7) is 12.6. The molecule has 0 aliphatic carbocycles. The van der Waals surface area contributed by atoms with Gasteiger partial charge in [-0.05, 0) is 18.9 Å². The third kappa shape index (κ3) is 5.31. The molecule has 112 valence electrons. The molecule has 0 saturated heterocycles. The van der Waals surface area contributed by atoms with Crippen LogP contribution in [0, 0.1) is 10.8 Å². The molecule has 4 nitrogen and oxygen atoms in total. The highest BCUT2D eigenvalue weighted by molar-refractivity contribution is 5.90. The van der Waals surface area contributed by atoms with Crippen molar-refractivity contribution in [2.45, 2.75) is 60.4 Å². The monoisotopic (exact) mass is 270 g/mol. The van der Waals surface area contributed by atoms with E-state index in [-0.39, 0.29) is 17.4 Å². The van der Waals surface area contributed by atoms with Crippen LogP contribution in [0.25, 0.3) is 0 Å². The topological polar surface area (TPSA) is 49.4 Å². The van der Waals surface area contributed by atoms with E-state index in [1.807, 2.05) is 27.8 Å². The van der Waals surface area contributed by atoms with Crippen LogP contribution in [0.2, 0.25) is 0 Å². The number of nitrogens with zero attached hydrogens (tertiary/aromatic N) is 1. The molecule has 0 aliphatic heterocycles. The fraction of sp³-hybridized carbons (Fsp3) is 0.867. The minimum absolute atomic E-state index is 0.00874. The predicted molar refractivity (Wildman–Crippen MR) is 78.8 cm³/mol. The highest BCUT2D eigenvalue weighted by Crippen LogP contribution is 2.26. The van der Waals surface area contributed by atoms with Gasteiger partial charge in [0.05, 0.1) is 0 Å². The van der Waals surface area contributed by atoms with Gasteiger partial charge < -0.3 is 5.32 Å². The van der Waals surface area contributed by atoms with Gasteiger partial charge in [0.2, 0.25) is 12.3 Å². The maximum atomic E-state index is 12.4. The first kappa shape index (κ1) is 18.1. The highest BCUT2D eigenvalue weighted by Gasteiger charge is 2.34. The molecule has 1 unspecified atom stereocenters. The number of hydrogen-bond acceptors (Lipinski definition) is 3. The summed E-state index contributed by atoms with van der Waals surface area (Å²) in [5, 5.41) is 3.19. The summed E-state index contributed by atoms with van der Waals surface area (Å²) in [4.78, 5) is 25.0. The van der Waals surface area contributed by atoms with Crippen molar-refractivity contribution in [1.82, 2.24) is 10.2 Å². The summed E-state index contributed by atoms with van der Waals surface area (Å²) in [6.07, 6.45) is 2.38. The lowest BCUT2D eigenvalue weighted by molar-refractivity contribution is -0.146. The van der Waals surface area contributed by atoms with Crippen LogP contribution in [0.15, 0.2) is 0 Å². The molecule has 1 atom stereocenters. The predicted octanol–water partition coefficient (Wildman–Crippen LogP) is 2.43. The number of likely N-dealkylation sites (N-methyl/N-ethyl adjacent to an activating group) is 1. The molecule has 0 aliphatic rings. The number of rotatable bonds is 7. The van der Waals surface area contributed by atoms with Crippen molar-refractivity contribution < 1.29 is 9.59 Å². The van der Waals surface area contributed by atoms with Gasteiger partial charge >= 0.3 is 0 Å². The van der Waals surface area contributed by atoms with Crippen LogP contribution >= 0.6 is 0 Å². The molecule has 19 heavy (non-hydrogen) atoms. The van der Waals surface area contributed by atoms with Crippen LogP contribution in [-0.2, 0) is 9.59 Å². The molecule has 4 heteroatoms. The number of amides is 2. The molecular formula is C15H30N2O2. The first-order valence-electron chi connectivity index (χ1n) is 7.03. The zero-order chi connectivity index (χ0) is 15.3. The van der Waals surface area contributed by atoms with Gasteiger partial charge in [0.15, 0.2) is 0 Å². The molecule has 0 fully saturated rings. The van der Waals surface area contributed by atoms with Crippen LogP contribution in [0.4, 0.5) is 0 Å². The van der Waals surface area contributed by atoms with Gasteiger partial charge in [-0.1, -0.05) is 48.0 Å². The maximum Gasteiger partial charge on any atom is 0.234 e. The molecule has 1 N–H and O–H groups in total. The van der Waals surface area contributed by atoms with E-state index < -0.39 is 5.41 Å². The van der Waals surface area contributed by atoms with E-state index in [1.54, 1.807) is 0 Å². The lowest BCUT2D eigenvalue weighted by Gasteiger charge is -2.35. The van der Waals surface area contributed by atoms with E-state index in [9.17, 15) is 9.59 Å². The molecule has 0 spiro atoms. The fourth-order valence-corrected chi connectivity index (χ4v) is 2.29. The standard InChI is InChI=1S/C15H30N2O2/c1-8-9-15(5,6)13(19)17(11-18)10-12(16-7)14(2,3)4/h11-12,16H,8-10H2,1-7H3. The summed E-state index contributed by atoms with van der Waals surface area (Å²) in [5.74, 6) is -0.0890. The zero-order valence-corrected chi connectivity index (χ0v) is 13.5. The third-order valence-corrected chi connectivity index (χ3v) is 3.62. The smallest absolute Gasteiger partial charge is 0.234 e. The van der Waals surface area contributed by atoms with Gasteiger partial charge in [-0.2, -0.15) is 0 Å². The molecule has 0 heterocycles. The van der Waals surface area contributed by atoms with Crippen molar-refractivity contribution in [2.75, 3.05) is 13.6 Å². The zero-order valence-electron chi connectivity index (χ0n) is 13.5. The van der Waals surface area contributed by atoms with Crippen molar-refractivity contribution in [3.8, 4) is 0 Å². The quantitative estimate of drug-likeness (QED) is 0.723. The number of imide groups is 1. The Kier molecular flexibility index (Phi) is 6.70. The Morgan fingerprint density at radius 3 is 2.11 bits per heavy atom. The van der Waals surface area contributed by atoms with Crippen LogP contribution in [0.1, 0.15) is 54.4 Å². The Morgan fingerprint density at radius 1 is 1.26 bits per heavy atom. The van der Waals surface area contributed by atoms with Crippen molar-refractivity contribution in [1.29, 1.82) is 0 Å². The minimum atomic E-state index is -0.480. The van der Waals surface area contributed by atoms with Crippen LogP contribution in [0.5, 0.6) is 0 Å².